The molecule has 0 fully saturated rings. The molecule has 0 aliphatic carbocycles. The molecule has 2 rings (SSSR count). The molecule has 0 amide bonds. The predicted molar refractivity (Wildman–Crippen MR) is 81.9 cm³/mol. The first-order valence-electron chi connectivity index (χ1n) is 7.09. The number of pyridine rings is 1. The van der Waals surface area contributed by atoms with Gasteiger partial charge in [0.15, 0.2) is 0 Å². The Hall–Kier alpha value is -1.65. The molecule has 1 aromatic heterocycles. The molecule has 2 unspecified atom stereocenters. The van der Waals surface area contributed by atoms with Gasteiger partial charge in [0.2, 0.25) is 5.56 Å². The fourth-order valence-electron chi connectivity index (χ4n) is 2.55. The van der Waals surface area contributed by atoms with E-state index < -0.39 is 6.10 Å². The summed E-state index contributed by atoms with van der Waals surface area (Å²) < 4.78 is 0. The van der Waals surface area contributed by atoms with Crippen molar-refractivity contribution >= 4 is 10.9 Å². The summed E-state index contributed by atoms with van der Waals surface area (Å²) in [6, 6.07) is 9.19. The molecule has 20 heavy (non-hydrogen) atoms. The number of aliphatic hydroxyl groups excluding tert-OH is 1. The number of aromatic nitrogens is 1. The third kappa shape index (κ3) is 3.08. The van der Waals surface area contributed by atoms with Crippen molar-refractivity contribution in [1.29, 1.82) is 0 Å². The van der Waals surface area contributed by atoms with Gasteiger partial charge >= 0.3 is 0 Å². The van der Waals surface area contributed by atoms with Crippen LogP contribution in [0.2, 0.25) is 0 Å². The number of nitrogens with one attached hydrogen (secondary N) is 2. The van der Waals surface area contributed by atoms with Gasteiger partial charge in [0, 0.05) is 29.1 Å². The van der Waals surface area contributed by atoms with E-state index in [9.17, 15) is 9.90 Å². The lowest BCUT2D eigenvalue weighted by atomic mass is 9.96. The van der Waals surface area contributed by atoms with Gasteiger partial charge < -0.3 is 15.4 Å². The maximum atomic E-state index is 11.4. The summed E-state index contributed by atoms with van der Waals surface area (Å²) in [6.45, 7) is 6.18. The monoisotopic (exact) mass is 274 g/mol. The number of fused-ring (bicyclic) bond motifs is 1. The third-order valence-corrected chi connectivity index (χ3v) is 3.49. The molecule has 3 N–H and O–H groups in total. The minimum absolute atomic E-state index is 0.00692. The normalized spacial score (nSPS) is 14.7. The molecule has 1 heterocycles. The van der Waals surface area contributed by atoms with Gasteiger partial charge in [-0.1, -0.05) is 32.9 Å². The molecule has 0 saturated carbocycles. The van der Waals surface area contributed by atoms with E-state index in [-0.39, 0.29) is 11.6 Å². The second-order valence-corrected chi connectivity index (χ2v) is 5.41. The van der Waals surface area contributed by atoms with Crippen molar-refractivity contribution < 1.29 is 5.11 Å². The second-order valence-electron chi connectivity index (χ2n) is 5.41. The molecule has 2 aromatic rings. The van der Waals surface area contributed by atoms with Crippen molar-refractivity contribution in [2.45, 2.75) is 45.4 Å². The highest BCUT2D eigenvalue weighted by atomic mass is 16.3. The van der Waals surface area contributed by atoms with Gasteiger partial charge in [-0.05, 0) is 24.1 Å². The Morgan fingerprint density at radius 2 is 2.00 bits per heavy atom. The first kappa shape index (κ1) is 14.8. The van der Waals surface area contributed by atoms with Crippen LogP contribution in [0, 0.1) is 0 Å². The first-order chi connectivity index (χ1) is 9.52. The summed E-state index contributed by atoms with van der Waals surface area (Å²) in [6.07, 6.45) is 0.232. The molecule has 0 radical (unpaired) electrons. The van der Waals surface area contributed by atoms with E-state index in [4.69, 9.17) is 0 Å². The summed E-state index contributed by atoms with van der Waals surface area (Å²) in [5.41, 5.74) is 1.48. The molecule has 4 heteroatoms. The highest BCUT2D eigenvalue weighted by molar-refractivity contribution is 5.82. The predicted octanol–water partition coefficient (Wildman–Crippen LogP) is 2.34. The number of hydrogen-bond acceptors (Lipinski definition) is 3. The summed E-state index contributed by atoms with van der Waals surface area (Å²) in [7, 11) is 0. The van der Waals surface area contributed by atoms with E-state index >= 15 is 0 Å². The molecule has 4 nitrogen and oxygen atoms in total. The minimum Gasteiger partial charge on any atom is -0.387 e. The lowest BCUT2D eigenvalue weighted by Crippen LogP contribution is -2.38. The lowest BCUT2D eigenvalue weighted by molar-refractivity contribution is 0.123. The van der Waals surface area contributed by atoms with Crippen LogP contribution in [-0.2, 0) is 0 Å². The molecular weight excluding hydrogens is 252 g/mol. The molecule has 2 atom stereocenters. The van der Waals surface area contributed by atoms with Crippen molar-refractivity contribution in [3.05, 3.63) is 46.2 Å². The number of benzene rings is 1. The number of hydrogen-bond donors (Lipinski definition) is 3. The van der Waals surface area contributed by atoms with Gasteiger partial charge in [-0.3, -0.25) is 4.79 Å². The maximum absolute atomic E-state index is 11.4. The fourth-order valence-corrected chi connectivity index (χ4v) is 2.55. The SMILES string of the molecule is CCC(NC(C)C)C(O)c1cccc2[nH]c(=O)ccc12. The van der Waals surface area contributed by atoms with Crippen molar-refractivity contribution in [1.82, 2.24) is 10.3 Å². The van der Waals surface area contributed by atoms with E-state index in [1.54, 1.807) is 6.07 Å². The van der Waals surface area contributed by atoms with Crippen molar-refractivity contribution in [3.63, 3.8) is 0 Å². The smallest absolute Gasteiger partial charge is 0.248 e. The van der Waals surface area contributed by atoms with Crippen LogP contribution in [-0.4, -0.2) is 22.2 Å². The number of rotatable bonds is 5. The summed E-state index contributed by atoms with van der Waals surface area (Å²) >= 11 is 0. The quantitative estimate of drug-likeness (QED) is 0.784. The van der Waals surface area contributed by atoms with Crippen LogP contribution >= 0.6 is 0 Å². The zero-order valence-corrected chi connectivity index (χ0v) is 12.2. The Morgan fingerprint density at radius 3 is 2.65 bits per heavy atom. The number of aliphatic hydroxyl groups is 1. The van der Waals surface area contributed by atoms with E-state index in [1.165, 1.54) is 6.07 Å². The minimum atomic E-state index is -0.600. The van der Waals surface area contributed by atoms with Crippen molar-refractivity contribution in [3.8, 4) is 0 Å². The van der Waals surface area contributed by atoms with E-state index in [0.29, 0.717) is 6.04 Å². The molecule has 0 aliphatic heterocycles. The molecule has 1 aromatic carbocycles. The Kier molecular flexibility index (Phi) is 4.57. The molecule has 108 valence electrons. The Labute approximate surface area is 118 Å². The summed E-state index contributed by atoms with van der Waals surface area (Å²) in [5.74, 6) is 0. The highest BCUT2D eigenvalue weighted by Gasteiger charge is 2.21. The number of H-pyrrole nitrogens is 1. The second kappa shape index (κ2) is 6.20. The van der Waals surface area contributed by atoms with E-state index in [0.717, 1.165) is 22.9 Å². The zero-order valence-electron chi connectivity index (χ0n) is 12.2. The summed E-state index contributed by atoms with van der Waals surface area (Å²) in [4.78, 5) is 14.2. The van der Waals surface area contributed by atoms with Crippen molar-refractivity contribution in [2.24, 2.45) is 0 Å². The Morgan fingerprint density at radius 1 is 1.25 bits per heavy atom. The van der Waals surface area contributed by atoms with Crippen LogP contribution in [0.25, 0.3) is 10.9 Å². The molecule has 0 bridgehead atoms. The number of aromatic amines is 1. The maximum Gasteiger partial charge on any atom is 0.248 e. The van der Waals surface area contributed by atoms with Gasteiger partial charge in [-0.15, -0.1) is 0 Å². The third-order valence-electron chi connectivity index (χ3n) is 3.49. The standard InChI is InChI=1S/C16H22N2O2/c1-4-13(17-10(2)3)16(20)12-6-5-7-14-11(12)8-9-15(19)18-14/h5-10,13,16-17,20H,4H2,1-3H3,(H,18,19). The lowest BCUT2D eigenvalue weighted by Gasteiger charge is -2.26. The molecule has 0 aliphatic rings. The average Bonchev–Trinajstić information content (AvgIpc) is 2.42. The van der Waals surface area contributed by atoms with Gasteiger partial charge in [0.05, 0.1) is 6.10 Å². The van der Waals surface area contributed by atoms with Crippen LogP contribution < -0.4 is 10.9 Å². The summed E-state index contributed by atoms with van der Waals surface area (Å²) in [5, 5.41) is 14.9. The van der Waals surface area contributed by atoms with Crippen LogP contribution in [0.4, 0.5) is 0 Å². The molecule has 0 spiro atoms. The van der Waals surface area contributed by atoms with Gasteiger partial charge in [0.25, 0.3) is 0 Å². The van der Waals surface area contributed by atoms with Gasteiger partial charge in [-0.2, -0.15) is 0 Å². The topological polar surface area (TPSA) is 65.1 Å². The van der Waals surface area contributed by atoms with Gasteiger partial charge in [-0.25, -0.2) is 0 Å². The van der Waals surface area contributed by atoms with Crippen LogP contribution in [0.15, 0.2) is 35.1 Å². The highest BCUT2D eigenvalue weighted by Crippen LogP contribution is 2.26. The fraction of sp³-hybridized carbons (Fsp3) is 0.438. The van der Waals surface area contributed by atoms with Gasteiger partial charge in [0.1, 0.15) is 0 Å². The van der Waals surface area contributed by atoms with E-state index in [1.807, 2.05) is 18.2 Å². The van der Waals surface area contributed by atoms with Crippen molar-refractivity contribution in [2.75, 3.05) is 0 Å². The van der Waals surface area contributed by atoms with Crippen LogP contribution in [0.3, 0.4) is 0 Å². The Bertz CT molecular complexity index is 634. The zero-order chi connectivity index (χ0) is 14.7. The molecular formula is C16H22N2O2. The first-order valence-corrected chi connectivity index (χ1v) is 7.09. The average molecular weight is 274 g/mol. The molecule has 0 saturated heterocycles. The van der Waals surface area contributed by atoms with Crippen LogP contribution in [0.5, 0.6) is 0 Å². The van der Waals surface area contributed by atoms with Crippen LogP contribution in [0.1, 0.15) is 38.9 Å². The van der Waals surface area contributed by atoms with E-state index in [2.05, 4.69) is 31.1 Å². The largest absolute Gasteiger partial charge is 0.387 e. The Balaban J connectivity index is 2.43.